The molecule has 1 heterocycles. The van der Waals surface area contributed by atoms with Crippen LogP contribution in [0.15, 0.2) is 91.0 Å². The zero-order chi connectivity index (χ0) is 21.8. The number of anilines is 2. The van der Waals surface area contributed by atoms with Crippen LogP contribution in [0.2, 0.25) is 0 Å². The molecular weight excluding hydrogens is 389 g/mol. The van der Waals surface area contributed by atoms with Gasteiger partial charge in [-0.25, -0.2) is 9.37 Å². The third-order valence-electron chi connectivity index (χ3n) is 4.95. The number of pyridine rings is 1. The minimum absolute atomic E-state index is 0.171. The van der Waals surface area contributed by atoms with Crippen LogP contribution in [-0.4, -0.2) is 25.0 Å². The first-order valence-electron chi connectivity index (χ1n) is 9.92. The molecular formula is C26H22FN3O. The summed E-state index contributed by atoms with van der Waals surface area (Å²) in [6, 6.07) is 27.0. The fourth-order valence-corrected chi connectivity index (χ4v) is 3.25. The van der Waals surface area contributed by atoms with E-state index in [9.17, 15) is 9.18 Å². The van der Waals surface area contributed by atoms with Crippen LogP contribution in [0.1, 0.15) is 10.4 Å². The average molecular weight is 411 g/mol. The van der Waals surface area contributed by atoms with Crippen LogP contribution in [-0.2, 0) is 0 Å². The molecule has 0 aliphatic carbocycles. The molecule has 0 unspecified atom stereocenters. The van der Waals surface area contributed by atoms with Crippen LogP contribution in [0.4, 0.5) is 15.8 Å². The zero-order valence-electron chi connectivity index (χ0n) is 17.3. The topological polar surface area (TPSA) is 45.2 Å². The fraction of sp³-hybridized carbons (Fsp3) is 0.0769. The van der Waals surface area contributed by atoms with Crippen molar-refractivity contribution in [3.63, 3.8) is 0 Å². The largest absolute Gasteiger partial charge is 0.378 e. The summed E-state index contributed by atoms with van der Waals surface area (Å²) in [5, 5.41) is 2.95. The molecule has 4 nitrogen and oxygen atoms in total. The number of hydrogen-bond acceptors (Lipinski definition) is 3. The standard InChI is InChI=1S/C26H22FN3O/c1-30(2)23-15-11-19(12-16-23)26(31)28-22-6-3-5-20(17-22)25-8-4-7-24(29-25)18-9-13-21(27)14-10-18/h3-17H,1-2H3,(H,28,31). The van der Waals surface area contributed by atoms with Gasteiger partial charge in [0.2, 0.25) is 0 Å². The number of amides is 1. The van der Waals surface area contributed by atoms with Gasteiger partial charge in [-0.15, -0.1) is 0 Å². The lowest BCUT2D eigenvalue weighted by Crippen LogP contribution is -2.13. The molecule has 5 heteroatoms. The summed E-state index contributed by atoms with van der Waals surface area (Å²) in [6.07, 6.45) is 0. The molecule has 31 heavy (non-hydrogen) atoms. The van der Waals surface area contributed by atoms with Gasteiger partial charge in [0.15, 0.2) is 0 Å². The second-order valence-electron chi connectivity index (χ2n) is 7.39. The van der Waals surface area contributed by atoms with E-state index in [2.05, 4.69) is 5.32 Å². The molecule has 0 aliphatic rings. The lowest BCUT2D eigenvalue weighted by Gasteiger charge is -2.13. The molecule has 4 aromatic rings. The molecule has 1 amide bonds. The minimum Gasteiger partial charge on any atom is -0.378 e. The van der Waals surface area contributed by atoms with E-state index in [0.717, 1.165) is 28.2 Å². The molecule has 0 radical (unpaired) electrons. The van der Waals surface area contributed by atoms with E-state index in [1.54, 1.807) is 12.1 Å². The summed E-state index contributed by atoms with van der Waals surface area (Å²) in [6.45, 7) is 0. The number of carbonyl (C=O) groups excluding carboxylic acids is 1. The number of aromatic nitrogens is 1. The van der Waals surface area contributed by atoms with Crippen LogP contribution >= 0.6 is 0 Å². The van der Waals surface area contributed by atoms with E-state index in [4.69, 9.17) is 4.98 Å². The number of nitrogens with one attached hydrogen (secondary N) is 1. The summed E-state index contributed by atoms with van der Waals surface area (Å²) in [7, 11) is 3.92. The van der Waals surface area contributed by atoms with Crippen molar-refractivity contribution in [3.8, 4) is 22.5 Å². The Morgan fingerprint density at radius 2 is 1.45 bits per heavy atom. The van der Waals surface area contributed by atoms with Crippen LogP contribution in [0.3, 0.4) is 0 Å². The smallest absolute Gasteiger partial charge is 0.255 e. The maximum atomic E-state index is 13.2. The van der Waals surface area contributed by atoms with Crippen molar-refractivity contribution in [1.29, 1.82) is 0 Å². The second-order valence-corrected chi connectivity index (χ2v) is 7.39. The van der Waals surface area contributed by atoms with Crippen molar-refractivity contribution >= 4 is 17.3 Å². The highest BCUT2D eigenvalue weighted by molar-refractivity contribution is 6.04. The number of hydrogen-bond donors (Lipinski definition) is 1. The predicted octanol–water partition coefficient (Wildman–Crippen LogP) is 5.87. The Bertz CT molecular complexity index is 1200. The summed E-state index contributed by atoms with van der Waals surface area (Å²) >= 11 is 0. The molecule has 3 aromatic carbocycles. The Morgan fingerprint density at radius 3 is 2.13 bits per heavy atom. The van der Waals surface area contributed by atoms with Gasteiger partial charge >= 0.3 is 0 Å². The highest BCUT2D eigenvalue weighted by Gasteiger charge is 2.09. The van der Waals surface area contributed by atoms with E-state index in [-0.39, 0.29) is 11.7 Å². The molecule has 0 fully saturated rings. The van der Waals surface area contributed by atoms with Gasteiger partial charge in [0.05, 0.1) is 11.4 Å². The van der Waals surface area contributed by atoms with Crippen molar-refractivity contribution in [2.75, 3.05) is 24.3 Å². The number of rotatable bonds is 5. The first-order chi connectivity index (χ1) is 15.0. The van der Waals surface area contributed by atoms with Gasteiger partial charge in [-0.3, -0.25) is 4.79 Å². The second kappa shape index (κ2) is 8.79. The molecule has 0 saturated carbocycles. The molecule has 0 aliphatic heterocycles. The van der Waals surface area contributed by atoms with Crippen molar-refractivity contribution in [1.82, 2.24) is 4.98 Å². The number of halogens is 1. The van der Waals surface area contributed by atoms with Gasteiger partial charge in [-0.1, -0.05) is 18.2 Å². The first kappa shape index (κ1) is 20.3. The Hall–Kier alpha value is -3.99. The quantitative estimate of drug-likeness (QED) is 0.446. The van der Waals surface area contributed by atoms with Gasteiger partial charge in [-0.2, -0.15) is 0 Å². The van der Waals surface area contributed by atoms with Crippen molar-refractivity contribution in [2.45, 2.75) is 0 Å². The summed E-state index contributed by atoms with van der Waals surface area (Å²) in [5.74, 6) is -0.449. The highest BCUT2D eigenvalue weighted by Crippen LogP contribution is 2.25. The molecule has 0 spiro atoms. The van der Waals surface area contributed by atoms with Gasteiger partial charge in [-0.05, 0) is 72.8 Å². The number of nitrogens with zero attached hydrogens (tertiary/aromatic N) is 2. The Balaban J connectivity index is 1.55. The molecule has 1 aromatic heterocycles. The van der Waals surface area contributed by atoms with Gasteiger partial charge in [0.25, 0.3) is 5.91 Å². The summed E-state index contributed by atoms with van der Waals surface area (Å²) < 4.78 is 13.2. The minimum atomic E-state index is -0.278. The van der Waals surface area contributed by atoms with Gasteiger partial charge < -0.3 is 10.2 Å². The maximum Gasteiger partial charge on any atom is 0.255 e. The van der Waals surface area contributed by atoms with Gasteiger partial charge in [0.1, 0.15) is 5.82 Å². The predicted molar refractivity (Wildman–Crippen MR) is 124 cm³/mol. The Kier molecular flexibility index (Phi) is 5.76. The third kappa shape index (κ3) is 4.78. The van der Waals surface area contributed by atoms with Crippen LogP contribution in [0.5, 0.6) is 0 Å². The Morgan fingerprint density at radius 1 is 0.806 bits per heavy atom. The van der Waals surface area contributed by atoms with Crippen LogP contribution in [0.25, 0.3) is 22.5 Å². The van der Waals surface area contributed by atoms with Gasteiger partial charge in [0, 0.05) is 42.2 Å². The van der Waals surface area contributed by atoms with E-state index < -0.39 is 0 Å². The molecule has 4 rings (SSSR count). The van der Waals surface area contributed by atoms with E-state index in [1.165, 1.54) is 12.1 Å². The molecule has 154 valence electrons. The third-order valence-corrected chi connectivity index (χ3v) is 4.95. The lowest BCUT2D eigenvalue weighted by atomic mass is 10.1. The van der Waals surface area contributed by atoms with Crippen LogP contribution < -0.4 is 10.2 Å². The van der Waals surface area contributed by atoms with Crippen molar-refractivity contribution < 1.29 is 9.18 Å². The average Bonchev–Trinajstić information content (AvgIpc) is 2.80. The van der Waals surface area contributed by atoms with E-state index >= 15 is 0 Å². The highest BCUT2D eigenvalue weighted by atomic mass is 19.1. The van der Waals surface area contributed by atoms with Crippen molar-refractivity contribution in [2.24, 2.45) is 0 Å². The van der Waals surface area contributed by atoms with E-state index in [0.29, 0.717) is 11.3 Å². The molecule has 0 saturated heterocycles. The first-order valence-corrected chi connectivity index (χ1v) is 9.92. The van der Waals surface area contributed by atoms with E-state index in [1.807, 2.05) is 85.7 Å². The number of benzene rings is 3. The molecule has 0 bridgehead atoms. The van der Waals surface area contributed by atoms with Crippen LogP contribution in [0, 0.1) is 5.82 Å². The summed E-state index contributed by atoms with van der Waals surface area (Å²) in [5.41, 5.74) is 5.56. The monoisotopic (exact) mass is 411 g/mol. The maximum absolute atomic E-state index is 13.2. The SMILES string of the molecule is CN(C)c1ccc(C(=O)Nc2cccc(-c3cccc(-c4ccc(F)cc4)n3)c2)cc1. The fourth-order valence-electron chi connectivity index (χ4n) is 3.25. The molecule has 0 atom stereocenters. The Labute approximate surface area is 181 Å². The number of carbonyl (C=O) groups is 1. The summed E-state index contributed by atoms with van der Waals surface area (Å²) in [4.78, 5) is 19.3. The lowest BCUT2D eigenvalue weighted by molar-refractivity contribution is 0.102. The van der Waals surface area contributed by atoms with Crippen molar-refractivity contribution in [3.05, 3.63) is 102 Å². The zero-order valence-corrected chi connectivity index (χ0v) is 17.3. The normalized spacial score (nSPS) is 10.5. The molecule has 1 N–H and O–H groups in total.